The first kappa shape index (κ1) is 21.1. The van der Waals surface area contributed by atoms with Gasteiger partial charge in [-0.25, -0.2) is 13.8 Å². The molecule has 5 rings (SSSR count). The molecule has 1 N–H and O–H groups in total. The Morgan fingerprint density at radius 1 is 1.00 bits per heavy atom. The van der Waals surface area contributed by atoms with Gasteiger partial charge in [0, 0.05) is 43.7 Å². The van der Waals surface area contributed by atoms with E-state index in [-0.39, 0.29) is 17.5 Å². The monoisotopic (exact) mass is 444 g/mol. The number of hydrogen-bond donors (Lipinski definition) is 1. The Bertz CT molecular complexity index is 1230. The second-order valence-electron chi connectivity index (χ2n) is 8.25. The Hall–Kier alpha value is -3.78. The van der Waals surface area contributed by atoms with Gasteiger partial charge in [0.05, 0.1) is 17.9 Å². The van der Waals surface area contributed by atoms with Gasteiger partial charge in [0.15, 0.2) is 0 Å². The van der Waals surface area contributed by atoms with Crippen LogP contribution < -0.4 is 5.32 Å². The SMILES string of the molecule is O=C(Nc1ccnn1C1CCN(Cc2cccc(-n3cccn3)c2)CC1)c1cccc(F)c1. The lowest BCUT2D eigenvalue weighted by Crippen LogP contribution is -2.35. The number of amides is 1. The first-order valence-electron chi connectivity index (χ1n) is 11.1. The largest absolute Gasteiger partial charge is 0.307 e. The Kier molecular flexibility index (Phi) is 5.99. The minimum Gasteiger partial charge on any atom is -0.307 e. The van der Waals surface area contributed by atoms with Gasteiger partial charge in [-0.1, -0.05) is 18.2 Å². The fourth-order valence-electron chi connectivity index (χ4n) is 4.32. The van der Waals surface area contributed by atoms with Gasteiger partial charge in [-0.15, -0.1) is 0 Å². The van der Waals surface area contributed by atoms with Gasteiger partial charge in [-0.3, -0.25) is 9.69 Å². The van der Waals surface area contributed by atoms with Crippen LogP contribution in [0, 0.1) is 5.82 Å². The zero-order valence-corrected chi connectivity index (χ0v) is 18.1. The average Bonchev–Trinajstić information content (AvgIpc) is 3.52. The highest BCUT2D eigenvalue weighted by Crippen LogP contribution is 2.27. The van der Waals surface area contributed by atoms with Crippen molar-refractivity contribution in [2.45, 2.75) is 25.4 Å². The van der Waals surface area contributed by atoms with Crippen molar-refractivity contribution in [1.82, 2.24) is 24.5 Å². The predicted octanol–water partition coefficient (Wildman–Crippen LogP) is 4.30. The van der Waals surface area contributed by atoms with Crippen LogP contribution in [0.15, 0.2) is 79.3 Å². The van der Waals surface area contributed by atoms with E-state index in [9.17, 15) is 9.18 Å². The molecule has 168 valence electrons. The fourth-order valence-corrected chi connectivity index (χ4v) is 4.32. The Balaban J connectivity index is 1.20. The van der Waals surface area contributed by atoms with E-state index in [1.165, 1.54) is 23.8 Å². The summed E-state index contributed by atoms with van der Waals surface area (Å²) in [4.78, 5) is 15.0. The maximum Gasteiger partial charge on any atom is 0.256 e. The molecule has 3 heterocycles. The zero-order valence-electron chi connectivity index (χ0n) is 18.1. The molecule has 1 amide bonds. The molecule has 2 aromatic carbocycles. The summed E-state index contributed by atoms with van der Waals surface area (Å²) < 4.78 is 17.2. The molecule has 0 unspecified atom stereocenters. The molecule has 1 fully saturated rings. The molecular weight excluding hydrogens is 419 g/mol. The van der Waals surface area contributed by atoms with Crippen molar-refractivity contribution in [3.05, 3.63) is 96.2 Å². The van der Waals surface area contributed by atoms with E-state index < -0.39 is 5.82 Å². The molecule has 0 bridgehead atoms. The van der Waals surface area contributed by atoms with E-state index in [1.807, 2.05) is 21.6 Å². The summed E-state index contributed by atoms with van der Waals surface area (Å²) in [6, 6.07) is 18.0. The molecule has 0 atom stereocenters. The average molecular weight is 445 g/mol. The van der Waals surface area contributed by atoms with Crippen molar-refractivity contribution in [1.29, 1.82) is 0 Å². The van der Waals surface area contributed by atoms with Crippen LogP contribution in [0.1, 0.15) is 34.8 Å². The van der Waals surface area contributed by atoms with E-state index in [0.717, 1.165) is 38.2 Å². The molecule has 8 heteroatoms. The number of carbonyl (C=O) groups excluding carboxylic acids is 1. The topological polar surface area (TPSA) is 68.0 Å². The molecule has 0 aliphatic carbocycles. The molecule has 1 aliphatic heterocycles. The molecule has 0 radical (unpaired) electrons. The third-order valence-corrected chi connectivity index (χ3v) is 5.99. The third-order valence-electron chi connectivity index (χ3n) is 5.99. The molecule has 1 aliphatic rings. The third kappa shape index (κ3) is 4.85. The molecule has 0 saturated carbocycles. The van der Waals surface area contributed by atoms with Crippen LogP contribution in [0.3, 0.4) is 0 Å². The second-order valence-corrected chi connectivity index (χ2v) is 8.25. The number of nitrogens with zero attached hydrogens (tertiary/aromatic N) is 5. The summed E-state index contributed by atoms with van der Waals surface area (Å²) in [6.45, 7) is 2.76. The number of anilines is 1. The van der Waals surface area contributed by atoms with Gasteiger partial charge < -0.3 is 5.32 Å². The molecular formula is C25H25FN6O. The minimum atomic E-state index is -0.432. The lowest BCUT2D eigenvalue weighted by atomic mass is 10.0. The van der Waals surface area contributed by atoms with Crippen LogP contribution in [0.4, 0.5) is 10.2 Å². The highest BCUT2D eigenvalue weighted by Gasteiger charge is 2.23. The molecule has 2 aromatic heterocycles. The summed E-state index contributed by atoms with van der Waals surface area (Å²) in [6.07, 6.45) is 7.28. The van der Waals surface area contributed by atoms with E-state index in [0.29, 0.717) is 5.82 Å². The van der Waals surface area contributed by atoms with Crippen molar-refractivity contribution < 1.29 is 9.18 Å². The molecule has 1 saturated heterocycles. The van der Waals surface area contributed by atoms with Crippen molar-refractivity contribution in [3.63, 3.8) is 0 Å². The van der Waals surface area contributed by atoms with E-state index in [1.54, 1.807) is 24.5 Å². The normalized spacial score (nSPS) is 14.9. The standard InChI is InChI=1S/C25H25FN6O/c26-21-6-2-5-20(17-21)25(33)29-24-8-12-28-32(24)22-9-14-30(15-10-22)18-19-4-1-7-23(16-19)31-13-3-11-27-31/h1-8,11-13,16-17,22H,9-10,14-15,18H2,(H,29,33). The maximum absolute atomic E-state index is 13.5. The Labute approximate surface area is 191 Å². The van der Waals surface area contributed by atoms with Gasteiger partial charge >= 0.3 is 0 Å². The number of carbonyl (C=O) groups is 1. The van der Waals surface area contributed by atoms with E-state index in [4.69, 9.17) is 0 Å². The number of likely N-dealkylation sites (tertiary alicyclic amines) is 1. The lowest BCUT2D eigenvalue weighted by Gasteiger charge is -2.32. The lowest BCUT2D eigenvalue weighted by molar-refractivity contribution is 0.102. The number of rotatable bonds is 6. The van der Waals surface area contributed by atoms with Crippen LogP contribution in [0.2, 0.25) is 0 Å². The van der Waals surface area contributed by atoms with Crippen LogP contribution in [0.25, 0.3) is 5.69 Å². The van der Waals surface area contributed by atoms with E-state index >= 15 is 0 Å². The first-order chi connectivity index (χ1) is 16.2. The molecule has 4 aromatic rings. The quantitative estimate of drug-likeness (QED) is 0.482. The van der Waals surface area contributed by atoms with Crippen molar-refractivity contribution in [3.8, 4) is 5.69 Å². The zero-order chi connectivity index (χ0) is 22.6. The first-order valence-corrected chi connectivity index (χ1v) is 11.1. The number of benzene rings is 2. The van der Waals surface area contributed by atoms with Crippen LogP contribution in [-0.2, 0) is 6.54 Å². The number of halogens is 1. The Morgan fingerprint density at radius 2 is 1.85 bits per heavy atom. The van der Waals surface area contributed by atoms with E-state index in [2.05, 4.69) is 44.7 Å². The van der Waals surface area contributed by atoms with Gasteiger partial charge in [0.25, 0.3) is 5.91 Å². The fraction of sp³-hybridized carbons (Fsp3) is 0.240. The summed E-state index contributed by atoms with van der Waals surface area (Å²) in [5.41, 5.74) is 2.60. The van der Waals surface area contributed by atoms with Gasteiger partial charge in [-0.2, -0.15) is 10.2 Å². The van der Waals surface area contributed by atoms with Crippen LogP contribution in [-0.4, -0.2) is 43.5 Å². The summed E-state index contributed by atoms with van der Waals surface area (Å²) >= 11 is 0. The van der Waals surface area contributed by atoms with Gasteiger partial charge in [0.2, 0.25) is 0 Å². The predicted molar refractivity (Wildman–Crippen MR) is 124 cm³/mol. The van der Waals surface area contributed by atoms with Gasteiger partial charge in [-0.05, 0) is 54.8 Å². The Morgan fingerprint density at radius 3 is 2.64 bits per heavy atom. The van der Waals surface area contributed by atoms with Crippen molar-refractivity contribution in [2.75, 3.05) is 18.4 Å². The smallest absolute Gasteiger partial charge is 0.256 e. The number of nitrogens with one attached hydrogen (secondary N) is 1. The molecule has 7 nitrogen and oxygen atoms in total. The summed E-state index contributed by atoms with van der Waals surface area (Å²) in [7, 11) is 0. The second kappa shape index (κ2) is 9.38. The molecule has 33 heavy (non-hydrogen) atoms. The summed E-state index contributed by atoms with van der Waals surface area (Å²) in [5.74, 6) is -0.140. The number of aromatic nitrogens is 4. The maximum atomic E-state index is 13.5. The minimum absolute atomic E-state index is 0.203. The summed E-state index contributed by atoms with van der Waals surface area (Å²) in [5, 5.41) is 11.6. The number of hydrogen-bond acceptors (Lipinski definition) is 4. The molecule has 0 spiro atoms. The van der Waals surface area contributed by atoms with Gasteiger partial charge in [0.1, 0.15) is 11.6 Å². The van der Waals surface area contributed by atoms with Crippen molar-refractivity contribution >= 4 is 11.7 Å². The number of piperidine rings is 1. The van der Waals surface area contributed by atoms with Crippen LogP contribution >= 0.6 is 0 Å². The van der Waals surface area contributed by atoms with Crippen LogP contribution in [0.5, 0.6) is 0 Å². The van der Waals surface area contributed by atoms with Crippen molar-refractivity contribution in [2.24, 2.45) is 0 Å². The highest BCUT2D eigenvalue weighted by atomic mass is 19.1. The highest BCUT2D eigenvalue weighted by molar-refractivity contribution is 6.03.